The van der Waals surface area contributed by atoms with Crippen molar-refractivity contribution in [1.29, 1.82) is 0 Å². The molecular formula is C18H18N4. The molecule has 0 aliphatic carbocycles. The maximum atomic E-state index is 4.63. The number of aromatic nitrogens is 3. The summed E-state index contributed by atoms with van der Waals surface area (Å²) in [6.45, 7) is 2.62. The molecule has 3 heterocycles. The topological polar surface area (TPSA) is 42.7 Å². The molecule has 4 nitrogen and oxygen atoms in total. The Morgan fingerprint density at radius 3 is 2.86 bits per heavy atom. The highest BCUT2D eigenvalue weighted by Crippen LogP contribution is 2.29. The largest absolute Gasteiger partial charge is 0.328 e. The second-order valence-electron chi connectivity index (χ2n) is 5.62. The van der Waals surface area contributed by atoms with Crippen molar-refractivity contribution in [2.75, 3.05) is 6.54 Å². The second kappa shape index (κ2) is 5.73. The van der Waals surface area contributed by atoms with Gasteiger partial charge in [0, 0.05) is 31.7 Å². The van der Waals surface area contributed by atoms with E-state index in [-0.39, 0.29) is 0 Å². The molecule has 0 spiro atoms. The van der Waals surface area contributed by atoms with Crippen molar-refractivity contribution in [3.05, 3.63) is 83.7 Å². The molecule has 0 saturated carbocycles. The summed E-state index contributed by atoms with van der Waals surface area (Å²) in [6.07, 6.45) is 5.76. The fraction of sp³-hybridized carbons (Fsp3) is 0.222. The molecule has 1 unspecified atom stereocenters. The van der Waals surface area contributed by atoms with Gasteiger partial charge >= 0.3 is 0 Å². The number of pyridine rings is 1. The summed E-state index contributed by atoms with van der Waals surface area (Å²) in [5.41, 5.74) is 3.81. The molecule has 0 amide bonds. The van der Waals surface area contributed by atoms with Crippen molar-refractivity contribution in [3.8, 4) is 0 Å². The van der Waals surface area contributed by atoms with E-state index in [1.807, 2.05) is 30.7 Å². The SMILES string of the molecule is c1ccc(Cn2ccnc2C2CNCc3ccccc32)nc1. The lowest BCUT2D eigenvalue weighted by molar-refractivity contribution is 0.550. The predicted octanol–water partition coefficient (Wildman–Crippen LogP) is 2.56. The Labute approximate surface area is 129 Å². The van der Waals surface area contributed by atoms with Gasteiger partial charge in [-0.15, -0.1) is 0 Å². The summed E-state index contributed by atoms with van der Waals surface area (Å²) in [6, 6.07) is 14.7. The molecule has 3 aromatic rings. The normalized spacial score (nSPS) is 17.2. The van der Waals surface area contributed by atoms with Gasteiger partial charge in [0.15, 0.2) is 0 Å². The van der Waals surface area contributed by atoms with E-state index >= 15 is 0 Å². The lowest BCUT2D eigenvalue weighted by Gasteiger charge is -2.26. The minimum Gasteiger partial charge on any atom is -0.328 e. The maximum absolute atomic E-state index is 4.63. The number of benzene rings is 1. The Bertz CT molecular complexity index is 764. The van der Waals surface area contributed by atoms with Crippen molar-refractivity contribution >= 4 is 0 Å². The molecule has 1 N–H and O–H groups in total. The van der Waals surface area contributed by atoms with Crippen molar-refractivity contribution < 1.29 is 0 Å². The number of hydrogen-bond donors (Lipinski definition) is 1. The maximum Gasteiger partial charge on any atom is 0.117 e. The minimum atomic E-state index is 0.295. The van der Waals surface area contributed by atoms with Gasteiger partial charge in [-0.05, 0) is 23.3 Å². The Balaban J connectivity index is 1.69. The smallest absolute Gasteiger partial charge is 0.117 e. The number of fused-ring (bicyclic) bond motifs is 1. The fourth-order valence-corrected chi connectivity index (χ4v) is 3.16. The van der Waals surface area contributed by atoms with E-state index in [2.05, 4.69) is 50.2 Å². The zero-order valence-corrected chi connectivity index (χ0v) is 12.3. The van der Waals surface area contributed by atoms with Crippen LogP contribution in [0, 0.1) is 0 Å². The summed E-state index contributed by atoms with van der Waals surface area (Å²) in [5.74, 6) is 1.40. The molecule has 0 bridgehead atoms. The summed E-state index contributed by atoms with van der Waals surface area (Å²) >= 11 is 0. The van der Waals surface area contributed by atoms with Crippen LogP contribution in [0.2, 0.25) is 0 Å². The van der Waals surface area contributed by atoms with Crippen LogP contribution >= 0.6 is 0 Å². The molecule has 4 heteroatoms. The van der Waals surface area contributed by atoms with Crippen LogP contribution in [-0.4, -0.2) is 21.1 Å². The molecule has 110 valence electrons. The van der Waals surface area contributed by atoms with E-state index in [0.29, 0.717) is 5.92 Å². The first-order valence-corrected chi connectivity index (χ1v) is 7.61. The van der Waals surface area contributed by atoms with Gasteiger partial charge in [0.25, 0.3) is 0 Å². The quantitative estimate of drug-likeness (QED) is 0.806. The molecule has 22 heavy (non-hydrogen) atoms. The average molecular weight is 290 g/mol. The molecular weight excluding hydrogens is 272 g/mol. The van der Waals surface area contributed by atoms with Crippen molar-refractivity contribution in [2.45, 2.75) is 19.0 Å². The van der Waals surface area contributed by atoms with Crippen LogP contribution in [0.15, 0.2) is 61.1 Å². The van der Waals surface area contributed by atoms with Gasteiger partial charge < -0.3 is 9.88 Å². The van der Waals surface area contributed by atoms with Gasteiger partial charge in [0.05, 0.1) is 18.2 Å². The van der Waals surface area contributed by atoms with Crippen LogP contribution in [0.5, 0.6) is 0 Å². The number of imidazole rings is 1. The Morgan fingerprint density at radius 2 is 1.95 bits per heavy atom. The standard InChI is InChI=1S/C18H18N4/c1-2-7-16-14(5-1)11-19-12-17(16)18-21-9-10-22(18)13-15-6-3-4-8-20-15/h1-10,17,19H,11-13H2. The van der Waals surface area contributed by atoms with Crippen molar-refractivity contribution in [1.82, 2.24) is 19.9 Å². The molecule has 4 rings (SSSR count). The van der Waals surface area contributed by atoms with Gasteiger partial charge in [-0.1, -0.05) is 30.3 Å². The van der Waals surface area contributed by atoms with E-state index in [1.165, 1.54) is 11.1 Å². The van der Waals surface area contributed by atoms with E-state index in [9.17, 15) is 0 Å². The second-order valence-corrected chi connectivity index (χ2v) is 5.62. The molecule has 1 aliphatic heterocycles. The lowest BCUT2D eigenvalue weighted by Crippen LogP contribution is -2.30. The van der Waals surface area contributed by atoms with Crippen LogP contribution in [0.25, 0.3) is 0 Å². The Kier molecular flexibility index (Phi) is 3.45. The Morgan fingerprint density at radius 1 is 1.05 bits per heavy atom. The van der Waals surface area contributed by atoms with Gasteiger partial charge in [-0.2, -0.15) is 0 Å². The fourth-order valence-electron chi connectivity index (χ4n) is 3.16. The van der Waals surface area contributed by atoms with Crippen LogP contribution in [-0.2, 0) is 13.1 Å². The third-order valence-corrected chi connectivity index (χ3v) is 4.21. The molecule has 0 saturated heterocycles. The van der Waals surface area contributed by atoms with E-state index in [4.69, 9.17) is 0 Å². The summed E-state index contributed by atoms with van der Waals surface area (Å²) in [5, 5.41) is 3.50. The number of hydrogen-bond acceptors (Lipinski definition) is 3. The molecule has 2 aromatic heterocycles. The minimum absolute atomic E-state index is 0.295. The Hall–Kier alpha value is -2.46. The van der Waals surface area contributed by atoms with E-state index in [0.717, 1.165) is 31.2 Å². The van der Waals surface area contributed by atoms with Crippen molar-refractivity contribution in [2.24, 2.45) is 0 Å². The summed E-state index contributed by atoms with van der Waals surface area (Å²) < 4.78 is 2.21. The number of rotatable bonds is 3. The third kappa shape index (κ3) is 2.42. The average Bonchev–Trinajstić information content (AvgIpc) is 3.03. The predicted molar refractivity (Wildman–Crippen MR) is 85.6 cm³/mol. The van der Waals surface area contributed by atoms with Crippen LogP contribution in [0.4, 0.5) is 0 Å². The van der Waals surface area contributed by atoms with E-state index in [1.54, 1.807) is 0 Å². The highest BCUT2D eigenvalue weighted by Gasteiger charge is 2.24. The van der Waals surface area contributed by atoms with Gasteiger partial charge in [-0.25, -0.2) is 4.98 Å². The first kappa shape index (κ1) is 13.2. The molecule has 0 fully saturated rings. The first-order valence-electron chi connectivity index (χ1n) is 7.61. The van der Waals surface area contributed by atoms with Gasteiger partial charge in [0.2, 0.25) is 0 Å². The monoisotopic (exact) mass is 290 g/mol. The molecule has 1 atom stereocenters. The zero-order chi connectivity index (χ0) is 14.8. The van der Waals surface area contributed by atoms with Crippen molar-refractivity contribution in [3.63, 3.8) is 0 Å². The summed E-state index contributed by atoms with van der Waals surface area (Å²) in [4.78, 5) is 9.05. The van der Waals surface area contributed by atoms with Gasteiger partial charge in [-0.3, -0.25) is 4.98 Å². The molecule has 1 aromatic carbocycles. The lowest BCUT2D eigenvalue weighted by atomic mass is 9.90. The van der Waals surface area contributed by atoms with E-state index < -0.39 is 0 Å². The van der Waals surface area contributed by atoms with Gasteiger partial charge in [0.1, 0.15) is 5.82 Å². The zero-order valence-electron chi connectivity index (χ0n) is 12.3. The summed E-state index contributed by atoms with van der Waals surface area (Å²) in [7, 11) is 0. The highest BCUT2D eigenvalue weighted by molar-refractivity contribution is 5.36. The van der Waals surface area contributed by atoms with Crippen LogP contribution in [0.3, 0.4) is 0 Å². The number of nitrogens with one attached hydrogen (secondary N) is 1. The first-order chi connectivity index (χ1) is 10.9. The van der Waals surface area contributed by atoms with Crippen LogP contribution in [0.1, 0.15) is 28.6 Å². The third-order valence-electron chi connectivity index (χ3n) is 4.21. The molecule has 1 aliphatic rings. The highest BCUT2D eigenvalue weighted by atomic mass is 15.1. The number of nitrogens with zero attached hydrogens (tertiary/aromatic N) is 3. The molecule has 0 radical (unpaired) electrons. The van der Waals surface area contributed by atoms with Crippen LogP contribution < -0.4 is 5.32 Å².